The molecule has 3 N–H and O–H groups in total. The molecule has 1 saturated carbocycles. The Balaban J connectivity index is 2.32. The van der Waals surface area contributed by atoms with Gasteiger partial charge in [-0.1, -0.05) is 6.42 Å². The van der Waals surface area contributed by atoms with Crippen LogP contribution in [0.5, 0.6) is 0 Å². The van der Waals surface area contributed by atoms with E-state index in [-0.39, 0.29) is 12.1 Å². The monoisotopic (exact) mass is 266 g/mol. The second kappa shape index (κ2) is 7.03. The molecule has 2 unspecified atom stereocenters. The maximum absolute atomic E-state index is 11.7. The van der Waals surface area contributed by atoms with Gasteiger partial charge in [0.05, 0.1) is 5.41 Å². The summed E-state index contributed by atoms with van der Waals surface area (Å²) in [5.74, 6) is 1.70. The molecule has 5 nitrogen and oxygen atoms in total. The van der Waals surface area contributed by atoms with E-state index in [9.17, 15) is 14.7 Å². The van der Waals surface area contributed by atoms with Gasteiger partial charge >= 0.3 is 12.0 Å². The summed E-state index contributed by atoms with van der Waals surface area (Å²) in [5.41, 5.74) is -0.846. The predicted molar refractivity (Wildman–Crippen MR) is 72.6 cm³/mol. The van der Waals surface area contributed by atoms with Crippen molar-refractivity contribution >= 4 is 12.0 Å². The Morgan fingerprint density at radius 3 is 2.84 bits per heavy atom. The van der Waals surface area contributed by atoms with E-state index in [1.165, 1.54) is 0 Å². The molecular formula is C14H22N2O3. The molecule has 106 valence electrons. The first-order chi connectivity index (χ1) is 9.00. The third kappa shape index (κ3) is 4.16. The van der Waals surface area contributed by atoms with Crippen LogP contribution in [0.3, 0.4) is 0 Å². The van der Waals surface area contributed by atoms with Crippen molar-refractivity contribution in [2.75, 3.05) is 6.54 Å². The highest BCUT2D eigenvalue weighted by molar-refractivity contribution is 5.79. The van der Waals surface area contributed by atoms with Gasteiger partial charge < -0.3 is 15.7 Å². The van der Waals surface area contributed by atoms with Crippen molar-refractivity contribution in [1.29, 1.82) is 0 Å². The number of carboxylic acids is 1. The predicted octanol–water partition coefficient (Wildman–Crippen LogP) is 1.73. The molecule has 1 rings (SSSR count). The molecule has 0 aliphatic heterocycles. The number of carbonyl (C=O) groups is 2. The summed E-state index contributed by atoms with van der Waals surface area (Å²) in [6.07, 6.45) is 9.71. The van der Waals surface area contributed by atoms with Gasteiger partial charge in [0.1, 0.15) is 0 Å². The lowest BCUT2D eigenvalue weighted by atomic mass is 9.85. The first-order valence-electron chi connectivity index (χ1n) is 6.72. The van der Waals surface area contributed by atoms with Gasteiger partial charge in [-0.15, -0.1) is 12.3 Å². The standard InChI is InChI=1S/C14H22N2O3/c1-3-4-5-6-10-15-13(19)16-11-8-7-9-14(11,2)12(17)18/h1,11H,4-10H2,2H3,(H,17,18)(H2,15,16,19). The van der Waals surface area contributed by atoms with E-state index in [2.05, 4.69) is 16.6 Å². The summed E-state index contributed by atoms with van der Waals surface area (Å²) in [7, 11) is 0. The molecule has 1 fully saturated rings. The number of carbonyl (C=O) groups excluding carboxylic acids is 1. The minimum Gasteiger partial charge on any atom is -0.481 e. The quantitative estimate of drug-likeness (QED) is 0.506. The van der Waals surface area contributed by atoms with Crippen LogP contribution >= 0.6 is 0 Å². The number of rotatable bonds is 6. The zero-order valence-electron chi connectivity index (χ0n) is 11.4. The SMILES string of the molecule is C#CCCCCNC(=O)NC1CCCC1(C)C(=O)O. The van der Waals surface area contributed by atoms with Crippen LogP contribution in [-0.2, 0) is 4.79 Å². The van der Waals surface area contributed by atoms with Crippen LogP contribution in [0.15, 0.2) is 0 Å². The van der Waals surface area contributed by atoms with Crippen molar-refractivity contribution in [2.45, 2.75) is 51.5 Å². The third-order valence-corrected chi connectivity index (χ3v) is 3.79. The fraction of sp³-hybridized carbons (Fsp3) is 0.714. The van der Waals surface area contributed by atoms with Gasteiger partial charge in [0.25, 0.3) is 0 Å². The smallest absolute Gasteiger partial charge is 0.315 e. The number of unbranched alkanes of at least 4 members (excludes halogenated alkanes) is 2. The van der Waals surface area contributed by atoms with E-state index < -0.39 is 11.4 Å². The van der Waals surface area contributed by atoms with Crippen molar-refractivity contribution in [3.8, 4) is 12.3 Å². The van der Waals surface area contributed by atoms with E-state index in [4.69, 9.17) is 6.42 Å². The zero-order chi connectivity index (χ0) is 14.3. The van der Waals surface area contributed by atoms with E-state index in [1.54, 1.807) is 6.92 Å². The van der Waals surface area contributed by atoms with Gasteiger partial charge in [-0.2, -0.15) is 0 Å². The molecule has 0 heterocycles. The normalized spacial score (nSPS) is 25.6. The number of carboxylic acid groups (broad SMARTS) is 1. The number of terminal acetylenes is 1. The number of aliphatic carboxylic acids is 1. The van der Waals surface area contributed by atoms with Gasteiger partial charge in [0, 0.05) is 19.0 Å². The lowest BCUT2D eigenvalue weighted by Gasteiger charge is -2.27. The summed E-state index contributed by atoms with van der Waals surface area (Å²) in [6, 6.07) is -0.587. The number of hydrogen-bond acceptors (Lipinski definition) is 2. The highest BCUT2D eigenvalue weighted by atomic mass is 16.4. The van der Waals surface area contributed by atoms with Crippen molar-refractivity contribution < 1.29 is 14.7 Å². The van der Waals surface area contributed by atoms with Crippen LogP contribution in [0.1, 0.15) is 45.4 Å². The van der Waals surface area contributed by atoms with Gasteiger partial charge in [0.15, 0.2) is 0 Å². The molecule has 0 bridgehead atoms. The Hall–Kier alpha value is -1.70. The Morgan fingerprint density at radius 1 is 1.47 bits per heavy atom. The summed E-state index contributed by atoms with van der Waals surface area (Å²) in [5, 5.41) is 14.7. The van der Waals surface area contributed by atoms with Crippen molar-refractivity contribution in [2.24, 2.45) is 5.41 Å². The van der Waals surface area contributed by atoms with Crippen molar-refractivity contribution in [1.82, 2.24) is 10.6 Å². The molecule has 0 spiro atoms. The molecule has 19 heavy (non-hydrogen) atoms. The lowest BCUT2D eigenvalue weighted by Crippen LogP contribution is -2.50. The van der Waals surface area contributed by atoms with E-state index in [0.29, 0.717) is 25.8 Å². The fourth-order valence-electron chi connectivity index (χ4n) is 2.42. The van der Waals surface area contributed by atoms with Crippen LogP contribution in [0.4, 0.5) is 4.79 Å². The van der Waals surface area contributed by atoms with E-state index >= 15 is 0 Å². The van der Waals surface area contributed by atoms with E-state index in [1.807, 2.05) is 0 Å². The number of amides is 2. The molecule has 0 aromatic heterocycles. The highest BCUT2D eigenvalue weighted by Crippen LogP contribution is 2.38. The molecule has 0 saturated heterocycles. The maximum Gasteiger partial charge on any atom is 0.315 e. The molecule has 2 amide bonds. The van der Waals surface area contributed by atoms with Gasteiger partial charge in [0.2, 0.25) is 0 Å². The second-order valence-corrected chi connectivity index (χ2v) is 5.23. The van der Waals surface area contributed by atoms with Gasteiger partial charge in [-0.3, -0.25) is 4.79 Å². The molecule has 0 radical (unpaired) electrons. The van der Waals surface area contributed by atoms with E-state index in [0.717, 1.165) is 19.3 Å². The molecular weight excluding hydrogens is 244 g/mol. The third-order valence-electron chi connectivity index (χ3n) is 3.79. The zero-order valence-corrected chi connectivity index (χ0v) is 11.4. The average Bonchev–Trinajstić information content (AvgIpc) is 2.72. The largest absolute Gasteiger partial charge is 0.481 e. The van der Waals surface area contributed by atoms with Gasteiger partial charge in [-0.05, 0) is 32.6 Å². The molecule has 5 heteroatoms. The number of urea groups is 1. The maximum atomic E-state index is 11.7. The lowest BCUT2D eigenvalue weighted by molar-refractivity contribution is -0.148. The first-order valence-corrected chi connectivity index (χ1v) is 6.72. The first kappa shape index (κ1) is 15.4. The summed E-state index contributed by atoms with van der Waals surface area (Å²) >= 11 is 0. The second-order valence-electron chi connectivity index (χ2n) is 5.23. The number of nitrogens with one attached hydrogen (secondary N) is 2. The Labute approximate surface area is 114 Å². The van der Waals surface area contributed by atoms with Crippen molar-refractivity contribution in [3.63, 3.8) is 0 Å². The van der Waals surface area contributed by atoms with Gasteiger partial charge in [-0.25, -0.2) is 4.79 Å². The summed E-state index contributed by atoms with van der Waals surface area (Å²) in [4.78, 5) is 22.9. The molecule has 1 aliphatic carbocycles. The topological polar surface area (TPSA) is 78.4 Å². The summed E-state index contributed by atoms with van der Waals surface area (Å²) in [6.45, 7) is 2.25. The highest BCUT2D eigenvalue weighted by Gasteiger charge is 2.45. The molecule has 2 atom stereocenters. The average molecular weight is 266 g/mol. The Bertz CT molecular complexity index is 375. The van der Waals surface area contributed by atoms with Crippen molar-refractivity contribution in [3.05, 3.63) is 0 Å². The summed E-state index contributed by atoms with van der Waals surface area (Å²) < 4.78 is 0. The minimum absolute atomic E-state index is 0.292. The van der Waals surface area contributed by atoms with Crippen LogP contribution in [-0.4, -0.2) is 29.7 Å². The molecule has 1 aliphatic rings. The fourth-order valence-corrected chi connectivity index (χ4v) is 2.42. The molecule has 0 aromatic carbocycles. The van der Waals surface area contributed by atoms with Crippen LogP contribution in [0, 0.1) is 17.8 Å². The van der Waals surface area contributed by atoms with Crippen LogP contribution in [0.25, 0.3) is 0 Å². The Morgan fingerprint density at radius 2 is 2.21 bits per heavy atom. The Kier molecular flexibility index (Phi) is 5.68. The molecule has 0 aromatic rings. The number of hydrogen-bond donors (Lipinski definition) is 3. The minimum atomic E-state index is -0.846. The van der Waals surface area contributed by atoms with Crippen LogP contribution < -0.4 is 10.6 Å². The van der Waals surface area contributed by atoms with Crippen LogP contribution in [0.2, 0.25) is 0 Å².